The minimum absolute atomic E-state index is 0.150. The molecule has 4 rings (SSSR count). The van der Waals surface area contributed by atoms with Gasteiger partial charge in [-0.05, 0) is 42.8 Å². The number of benzene rings is 2. The first-order valence-electron chi connectivity index (χ1n) is 9.60. The lowest BCUT2D eigenvalue weighted by atomic mass is 10.1. The average Bonchev–Trinajstić information content (AvgIpc) is 3.18. The standard InChI is InChI=1S/C21H23ClFN3O3/c1-14(21(27)24-18-4-3-16(23)11-17(18)22)26-8-6-25(7-9-26)12-15-2-5-19-20(10-15)29-13-28-19/h2-5,10-11,14H,6-9,12-13H2,1H3,(H,24,27). The number of nitrogens with one attached hydrogen (secondary N) is 1. The summed E-state index contributed by atoms with van der Waals surface area (Å²) in [4.78, 5) is 17.1. The van der Waals surface area contributed by atoms with Gasteiger partial charge >= 0.3 is 0 Å². The predicted molar refractivity (Wildman–Crippen MR) is 109 cm³/mol. The first kappa shape index (κ1) is 19.9. The third-order valence-electron chi connectivity index (χ3n) is 5.37. The molecule has 1 N–H and O–H groups in total. The highest BCUT2D eigenvalue weighted by Gasteiger charge is 2.26. The van der Waals surface area contributed by atoms with Gasteiger partial charge in [0.25, 0.3) is 0 Å². The Kier molecular flexibility index (Phi) is 5.89. The molecule has 0 aliphatic carbocycles. The van der Waals surface area contributed by atoms with E-state index in [0.29, 0.717) is 5.69 Å². The first-order chi connectivity index (χ1) is 14.0. The maximum Gasteiger partial charge on any atom is 0.241 e. The summed E-state index contributed by atoms with van der Waals surface area (Å²) in [6.07, 6.45) is 0. The SMILES string of the molecule is CC(C(=O)Nc1ccc(F)cc1Cl)N1CCN(Cc2ccc3c(c2)OCO3)CC1. The molecule has 1 atom stereocenters. The van der Waals surface area contributed by atoms with Crippen LogP contribution in [0.1, 0.15) is 12.5 Å². The molecule has 1 unspecified atom stereocenters. The summed E-state index contributed by atoms with van der Waals surface area (Å²) < 4.78 is 24.0. The Bertz CT molecular complexity index is 903. The van der Waals surface area contributed by atoms with Crippen LogP contribution in [0.4, 0.5) is 10.1 Å². The molecule has 2 aliphatic heterocycles. The lowest BCUT2D eigenvalue weighted by Gasteiger charge is -2.37. The Hall–Kier alpha value is -2.35. The molecular weight excluding hydrogens is 397 g/mol. The normalized spacial score (nSPS) is 17.9. The largest absolute Gasteiger partial charge is 0.454 e. The van der Waals surface area contributed by atoms with Gasteiger partial charge in [-0.3, -0.25) is 14.6 Å². The Morgan fingerprint density at radius 2 is 1.90 bits per heavy atom. The van der Waals surface area contributed by atoms with Crippen molar-refractivity contribution in [1.82, 2.24) is 9.80 Å². The van der Waals surface area contributed by atoms with E-state index in [4.69, 9.17) is 21.1 Å². The van der Waals surface area contributed by atoms with E-state index in [2.05, 4.69) is 21.2 Å². The van der Waals surface area contributed by atoms with Gasteiger partial charge in [0, 0.05) is 32.7 Å². The molecule has 2 heterocycles. The molecule has 2 aliphatic rings. The van der Waals surface area contributed by atoms with E-state index in [0.717, 1.165) is 44.2 Å². The molecule has 1 fully saturated rings. The van der Waals surface area contributed by atoms with Gasteiger partial charge in [-0.15, -0.1) is 0 Å². The predicted octanol–water partition coefficient (Wildman–Crippen LogP) is 3.35. The number of carbonyl (C=O) groups excluding carboxylic acids is 1. The van der Waals surface area contributed by atoms with Crippen molar-refractivity contribution in [3.63, 3.8) is 0 Å². The van der Waals surface area contributed by atoms with E-state index in [-0.39, 0.29) is 23.8 Å². The van der Waals surface area contributed by atoms with E-state index >= 15 is 0 Å². The minimum atomic E-state index is -0.431. The Morgan fingerprint density at radius 3 is 2.66 bits per heavy atom. The topological polar surface area (TPSA) is 54.0 Å². The zero-order valence-electron chi connectivity index (χ0n) is 16.2. The molecule has 2 aromatic rings. The summed E-state index contributed by atoms with van der Waals surface area (Å²) in [7, 11) is 0. The summed E-state index contributed by atoms with van der Waals surface area (Å²) in [5.74, 6) is 1.01. The van der Waals surface area contributed by atoms with Gasteiger partial charge < -0.3 is 14.8 Å². The summed E-state index contributed by atoms with van der Waals surface area (Å²) in [6, 6.07) is 9.67. The zero-order valence-corrected chi connectivity index (χ0v) is 16.9. The van der Waals surface area contributed by atoms with E-state index < -0.39 is 5.82 Å². The van der Waals surface area contributed by atoms with Gasteiger partial charge in [-0.2, -0.15) is 0 Å². The highest BCUT2D eigenvalue weighted by Crippen LogP contribution is 2.33. The number of nitrogens with zero attached hydrogens (tertiary/aromatic N) is 2. The number of fused-ring (bicyclic) bond motifs is 1. The number of anilines is 1. The van der Waals surface area contributed by atoms with Gasteiger partial charge in [-0.25, -0.2) is 4.39 Å². The smallest absolute Gasteiger partial charge is 0.241 e. The quantitative estimate of drug-likeness (QED) is 0.805. The van der Waals surface area contributed by atoms with Crippen molar-refractivity contribution in [3.8, 4) is 11.5 Å². The van der Waals surface area contributed by atoms with Crippen LogP contribution in [0.25, 0.3) is 0 Å². The molecule has 1 saturated heterocycles. The molecule has 8 heteroatoms. The fourth-order valence-corrected chi connectivity index (χ4v) is 3.81. The van der Waals surface area contributed by atoms with Gasteiger partial charge in [0.1, 0.15) is 5.82 Å². The average molecular weight is 420 g/mol. The van der Waals surface area contributed by atoms with Crippen LogP contribution < -0.4 is 14.8 Å². The van der Waals surface area contributed by atoms with Crippen molar-refractivity contribution in [2.45, 2.75) is 19.5 Å². The highest BCUT2D eigenvalue weighted by molar-refractivity contribution is 6.33. The Balaban J connectivity index is 1.29. The molecule has 2 aromatic carbocycles. The van der Waals surface area contributed by atoms with Gasteiger partial charge in [0.05, 0.1) is 16.8 Å². The number of hydrogen-bond donors (Lipinski definition) is 1. The van der Waals surface area contributed by atoms with Crippen LogP contribution in [-0.4, -0.2) is 54.7 Å². The number of ether oxygens (including phenoxy) is 2. The highest BCUT2D eigenvalue weighted by atomic mass is 35.5. The summed E-state index contributed by atoms with van der Waals surface area (Å²) in [5, 5.41) is 2.98. The molecule has 1 amide bonds. The van der Waals surface area contributed by atoms with Crippen LogP contribution in [0.5, 0.6) is 11.5 Å². The monoisotopic (exact) mass is 419 g/mol. The first-order valence-corrected chi connectivity index (χ1v) is 9.98. The fourth-order valence-electron chi connectivity index (χ4n) is 3.60. The fraction of sp³-hybridized carbons (Fsp3) is 0.381. The second-order valence-electron chi connectivity index (χ2n) is 7.29. The van der Waals surface area contributed by atoms with Crippen molar-refractivity contribution in [2.75, 3.05) is 38.3 Å². The van der Waals surface area contributed by atoms with Crippen LogP contribution in [0, 0.1) is 5.82 Å². The van der Waals surface area contributed by atoms with Crippen LogP contribution in [0.15, 0.2) is 36.4 Å². The lowest BCUT2D eigenvalue weighted by Crippen LogP contribution is -2.52. The molecule has 6 nitrogen and oxygen atoms in total. The molecule has 0 aromatic heterocycles. The maximum atomic E-state index is 13.2. The summed E-state index contributed by atoms with van der Waals surface area (Å²) in [5.41, 5.74) is 1.60. The second kappa shape index (κ2) is 8.57. The second-order valence-corrected chi connectivity index (χ2v) is 7.70. The van der Waals surface area contributed by atoms with Gasteiger partial charge in [0.2, 0.25) is 12.7 Å². The lowest BCUT2D eigenvalue weighted by molar-refractivity contribution is -0.121. The number of piperazine rings is 1. The molecule has 0 saturated carbocycles. The number of halogens is 2. The van der Waals surface area contributed by atoms with Crippen LogP contribution in [-0.2, 0) is 11.3 Å². The van der Waals surface area contributed by atoms with Crippen molar-refractivity contribution in [2.24, 2.45) is 0 Å². The van der Waals surface area contributed by atoms with Crippen molar-refractivity contribution in [3.05, 3.63) is 52.8 Å². The molecule has 29 heavy (non-hydrogen) atoms. The minimum Gasteiger partial charge on any atom is -0.454 e. The Labute approximate surface area is 174 Å². The van der Waals surface area contributed by atoms with Gasteiger partial charge in [0.15, 0.2) is 11.5 Å². The maximum absolute atomic E-state index is 13.2. The zero-order chi connectivity index (χ0) is 20.4. The van der Waals surface area contributed by atoms with E-state index in [1.54, 1.807) is 0 Å². The van der Waals surface area contributed by atoms with Gasteiger partial charge in [-0.1, -0.05) is 17.7 Å². The number of hydrogen-bond acceptors (Lipinski definition) is 5. The third-order valence-corrected chi connectivity index (χ3v) is 5.68. The molecular formula is C21H23ClFN3O3. The third kappa shape index (κ3) is 4.63. The number of amides is 1. The molecule has 0 bridgehead atoms. The summed E-state index contributed by atoms with van der Waals surface area (Å²) >= 11 is 6.00. The van der Waals surface area contributed by atoms with Crippen LogP contribution >= 0.6 is 11.6 Å². The Morgan fingerprint density at radius 1 is 1.14 bits per heavy atom. The summed E-state index contributed by atoms with van der Waals surface area (Å²) in [6.45, 7) is 6.29. The van der Waals surface area contributed by atoms with Crippen molar-refractivity contribution in [1.29, 1.82) is 0 Å². The molecule has 0 spiro atoms. The molecule has 0 radical (unpaired) electrons. The van der Waals surface area contributed by atoms with E-state index in [9.17, 15) is 9.18 Å². The van der Waals surface area contributed by atoms with Crippen molar-refractivity contribution >= 4 is 23.2 Å². The van der Waals surface area contributed by atoms with E-state index in [1.165, 1.54) is 23.8 Å². The molecule has 154 valence electrons. The number of carbonyl (C=O) groups is 1. The van der Waals surface area contributed by atoms with Crippen LogP contribution in [0.2, 0.25) is 5.02 Å². The van der Waals surface area contributed by atoms with Crippen molar-refractivity contribution < 1.29 is 18.7 Å². The van der Waals surface area contributed by atoms with E-state index in [1.807, 2.05) is 19.1 Å². The number of rotatable bonds is 5. The van der Waals surface area contributed by atoms with Crippen LogP contribution in [0.3, 0.4) is 0 Å².